The number of likely N-dealkylation sites (N-methyl/N-ethyl adjacent to an activating group) is 1. The molecule has 0 radical (unpaired) electrons. The van der Waals surface area contributed by atoms with E-state index in [1.165, 1.54) is 88.8 Å². The minimum atomic E-state index is -3.92. The van der Waals surface area contributed by atoms with Crippen LogP contribution < -0.4 is 0 Å². The van der Waals surface area contributed by atoms with Gasteiger partial charge in [-0.15, -0.1) is 0 Å². The number of nitrogens with zero attached hydrogens (tertiary/aromatic N) is 3. The summed E-state index contributed by atoms with van der Waals surface area (Å²) in [6.07, 6.45) is 27.6. The molecule has 244 valence electrons. The Bertz CT molecular complexity index is 1040. The van der Waals surface area contributed by atoms with Gasteiger partial charge in [0, 0.05) is 11.9 Å². The zero-order valence-corrected chi connectivity index (χ0v) is 27.8. The van der Waals surface area contributed by atoms with Crippen molar-refractivity contribution in [3.63, 3.8) is 0 Å². The number of phosphoric acid groups is 1. The maximum absolute atomic E-state index is 13.0. The molecule has 0 bridgehead atoms. The molecule has 2 rings (SSSR count). The third-order valence-corrected chi connectivity index (χ3v) is 8.68. The standard InChI is InChI=1S/C32H55BF2N3O4P/c1-38(2,3)24-26-42-43(39,40)41-25-19-17-15-13-11-9-7-5-4-6-8-10-12-14-16-18-21-30-27-31(36-29-30)28-32-22-20-23-37(32)33(34)35/h20,22-23,27-29H,4-19,21,24-26H2,1-3H3/p+1/b31-28-. The third kappa shape index (κ3) is 18.7. The molecule has 2 heterocycles. The molecule has 0 saturated carbocycles. The van der Waals surface area contributed by atoms with Crippen LogP contribution in [-0.4, -0.2) is 68.4 Å². The second-order valence-electron chi connectivity index (χ2n) is 12.7. The van der Waals surface area contributed by atoms with E-state index in [0.717, 1.165) is 42.3 Å². The molecule has 1 aromatic heterocycles. The summed E-state index contributed by atoms with van der Waals surface area (Å²) in [5.74, 6) is 0. The van der Waals surface area contributed by atoms with Gasteiger partial charge in [-0.05, 0) is 55.3 Å². The van der Waals surface area contributed by atoms with Crippen molar-refractivity contribution in [3.8, 4) is 0 Å². The van der Waals surface area contributed by atoms with Crippen molar-refractivity contribution in [2.24, 2.45) is 4.99 Å². The van der Waals surface area contributed by atoms with E-state index in [9.17, 15) is 18.1 Å². The van der Waals surface area contributed by atoms with Crippen LogP contribution in [-0.2, 0) is 13.6 Å². The number of aromatic nitrogens is 1. The van der Waals surface area contributed by atoms with Crippen molar-refractivity contribution >= 4 is 27.5 Å². The second-order valence-corrected chi connectivity index (χ2v) is 14.2. The highest BCUT2D eigenvalue weighted by Crippen LogP contribution is 2.43. The lowest BCUT2D eigenvalue weighted by atomic mass is 10.0. The van der Waals surface area contributed by atoms with E-state index in [1.54, 1.807) is 18.2 Å². The molecule has 0 fully saturated rings. The summed E-state index contributed by atoms with van der Waals surface area (Å²) in [5, 5.41) is 0. The van der Waals surface area contributed by atoms with E-state index in [-0.39, 0.29) is 13.2 Å². The topological polar surface area (TPSA) is 73.1 Å². The molecule has 1 atom stereocenters. The summed E-state index contributed by atoms with van der Waals surface area (Å²) in [4.78, 5) is 14.1. The molecule has 7 nitrogen and oxygen atoms in total. The fraction of sp³-hybridized carbons (Fsp3) is 0.719. The maximum Gasteiger partial charge on any atom is 0.677 e. The van der Waals surface area contributed by atoms with Crippen molar-refractivity contribution in [2.75, 3.05) is 40.9 Å². The van der Waals surface area contributed by atoms with Crippen molar-refractivity contribution in [1.82, 2.24) is 4.48 Å². The van der Waals surface area contributed by atoms with Crippen molar-refractivity contribution < 1.29 is 31.6 Å². The van der Waals surface area contributed by atoms with E-state index in [2.05, 4.69) is 4.99 Å². The van der Waals surface area contributed by atoms with Gasteiger partial charge in [0.25, 0.3) is 0 Å². The molecular weight excluding hydrogens is 570 g/mol. The summed E-state index contributed by atoms with van der Waals surface area (Å²) < 4.78 is 49.6. The van der Waals surface area contributed by atoms with E-state index >= 15 is 0 Å². The quantitative estimate of drug-likeness (QED) is 0.0482. The van der Waals surface area contributed by atoms with Crippen LogP contribution in [0.25, 0.3) is 6.08 Å². The average molecular weight is 627 g/mol. The van der Waals surface area contributed by atoms with Gasteiger partial charge < -0.3 is 13.9 Å². The number of hydrogen-bond donors (Lipinski definition) is 1. The largest absolute Gasteiger partial charge is 0.677 e. The highest BCUT2D eigenvalue weighted by molar-refractivity contribution is 7.47. The SMILES string of the molecule is C[N+](C)(C)CCOP(=O)(O)OCCCCCCCCCCCCCCCCCCC1=C/C(=C/c2cccn2B(F)F)N=C1. The predicted molar refractivity (Wildman–Crippen MR) is 175 cm³/mol. The van der Waals surface area contributed by atoms with Crippen LogP contribution in [0.2, 0.25) is 0 Å². The number of aliphatic imine (C=N–C) groups is 1. The first kappa shape index (κ1) is 37.6. The van der Waals surface area contributed by atoms with Crippen LogP contribution in [0.4, 0.5) is 8.63 Å². The van der Waals surface area contributed by atoms with Gasteiger partial charge in [-0.2, -0.15) is 0 Å². The van der Waals surface area contributed by atoms with Gasteiger partial charge in [-0.25, -0.2) is 4.57 Å². The molecule has 0 spiro atoms. The van der Waals surface area contributed by atoms with Crippen LogP contribution in [0.1, 0.15) is 115 Å². The van der Waals surface area contributed by atoms with Crippen molar-refractivity contribution in [1.29, 1.82) is 0 Å². The van der Waals surface area contributed by atoms with E-state index in [0.29, 0.717) is 16.7 Å². The fourth-order valence-electron chi connectivity index (χ4n) is 5.05. The molecule has 1 N–H and O–H groups in total. The van der Waals surface area contributed by atoms with Crippen LogP contribution in [0, 0.1) is 0 Å². The molecule has 1 aliphatic rings. The molecule has 0 aliphatic carbocycles. The van der Waals surface area contributed by atoms with Crippen molar-refractivity contribution in [3.05, 3.63) is 41.4 Å². The normalized spacial score (nSPS) is 15.8. The molecule has 0 saturated heterocycles. The maximum atomic E-state index is 13.0. The molecule has 11 heteroatoms. The van der Waals surface area contributed by atoms with Crippen LogP contribution in [0.3, 0.4) is 0 Å². The van der Waals surface area contributed by atoms with E-state index in [4.69, 9.17) is 9.05 Å². The van der Waals surface area contributed by atoms with Gasteiger partial charge in [0.15, 0.2) is 0 Å². The molecule has 43 heavy (non-hydrogen) atoms. The number of phosphoric ester groups is 1. The van der Waals surface area contributed by atoms with Gasteiger partial charge in [0.1, 0.15) is 13.2 Å². The van der Waals surface area contributed by atoms with Gasteiger partial charge in [0.2, 0.25) is 0 Å². The number of halogens is 2. The predicted octanol–water partition coefficient (Wildman–Crippen LogP) is 9.08. The molecular formula is C32H56BF2N3O4P+. The Kier molecular flexibility index (Phi) is 18.6. The lowest BCUT2D eigenvalue weighted by molar-refractivity contribution is -0.870. The number of hydrogen-bond acceptors (Lipinski definition) is 4. The molecule has 0 amide bonds. The Morgan fingerprint density at radius 2 is 1.37 bits per heavy atom. The first-order valence-corrected chi connectivity index (χ1v) is 17.9. The smallest absolute Gasteiger partial charge is 0.332 e. The summed E-state index contributed by atoms with van der Waals surface area (Å²) >= 11 is 0. The van der Waals surface area contributed by atoms with Crippen molar-refractivity contribution in [2.45, 2.75) is 109 Å². The highest BCUT2D eigenvalue weighted by Gasteiger charge is 2.22. The zero-order chi connectivity index (χ0) is 31.4. The Hall–Kier alpha value is -1.58. The van der Waals surface area contributed by atoms with Gasteiger partial charge in [-0.3, -0.25) is 22.7 Å². The average Bonchev–Trinajstić information content (AvgIpc) is 3.59. The van der Waals surface area contributed by atoms with Crippen LogP contribution in [0.5, 0.6) is 0 Å². The molecule has 1 aromatic rings. The Morgan fingerprint density at radius 3 is 1.91 bits per heavy atom. The van der Waals surface area contributed by atoms with E-state index in [1.807, 2.05) is 33.4 Å². The number of unbranched alkanes of at least 4 members (excludes halogenated alkanes) is 15. The number of quaternary nitrogens is 1. The minimum absolute atomic E-state index is 0.211. The van der Waals surface area contributed by atoms with Crippen LogP contribution >= 0.6 is 7.82 Å². The van der Waals surface area contributed by atoms with E-state index < -0.39 is 15.2 Å². The fourth-order valence-corrected chi connectivity index (χ4v) is 5.80. The Morgan fingerprint density at radius 1 is 0.860 bits per heavy atom. The third-order valence-electron chi connectivity index (χ3n) is 7.66. The summed E-state index contributed by atoms with van der Waals surface area (Å²) in [6.45, 7) is 1.14. The minimum Gasteiger partial charge on any atom is -0.332 e. The molecule has 0 aromatic carbocycles. The van der Waals surface area contributed by atoms with Gasteiger partial charge in [0.05, 0.1) is 33.4 Å². The monoisotopic (exact) mass is 626 g/mol. The Balaban J connectivity index is 1.32. The first-order chi connectivity index (χ1) is 20.6. The van der Waals surface area contributed by atoms with Gasteiger partial charge >= 0.3 is 15.2 Å². The summed E-state index contributed by atoms with van der Waals surface area (Å²) in [5.41, 5.74) is 2.39. The molecule has 1 aliphatic heterocycles. The number of allylic oxidation sites excluding steroid dienone is 2. The zero-order valence-electron chi connectivity index (χ0n) is 26.9. The first-order valence-electron chi connectivity index (χ1n) is 16.4. The van der Waals surface area contributed by atoms with Gasteiger partial charge in [-0.1, -0.05) is 89.9 Å². The summed E-state index contributed by atoms with van der Waals surface area (Å²) in [6, 6.07) is 3.30. The lowest BCUT2D eigenvalue weighted by Gasteiger charge is -2.24. The Labute approximate surface area is 259 Å². The lowest BCUT2D eigenvalue weighted by Crippen LogP contribution is -2.37. The number of rotatable bonds is 26. The summed E-state index contributed by atoms with van der Waals surface area (Å²) in [7, 11) is -0.435. The van der Waals surface area contributed by atoms with Crippen LogP contribution in [0.15, 0.2) is 40.7 Å². The second kappa shape index (κ2) is 21.2. The highest BCUT2D eigenvalue weighted by atomic mass is 31.2. The molecule has 1 unspecified atom stereocenters.